The summed E-state index contributed by atoms with van der Waals surface area (Å²) in [4.78, 5) is 9.47. The van der Waals surface area contributed by atoms with Crippen molar-refractivity contribution in [3.05, 3.63) is 60.1 Å². The van der Waals surface area contributed by atoms with Gasteiger partial charge in [-0.25, -0.2) is 4.79 Å². The van der Waals surface area contributed by atoms with Gasteiger partial charge in [0, 0.05) is 0 Å². The van der Waals surface area contributed by atoms with Gasteiger partial charge < -0.3 is 5.11 Å². The molecular weight excluding hydrogens is 224 g/mol. The van der Waals surface area contributed by atoms with E-state index in [9.17, 15) is 4.79 Å². The van der Waals surface area contributed by atoms with E-state index < -0.39 is 5.97 Å². The quantitative estimate of drug-likeness (QED) is 0.765. The molecule has 0 heterocycles. The summed E-state index contributed by atoms with van der Waals surface area (Å²) < 4.78 is 0. The van der Waals surface area contributed by atoms with Gasteiger partial charge in [0.25, 0.3) is 0 Å². The molecule has 3 heteroatoms. The number of hydrogen-bond donors (Lipinski definition) is 1. The zero-order valence-corrected chi connectivity index (χ0v) is 9.32. The fourth-order valence-electron chi connectivity index (χ4n) is 1.13. The number of benzene rings is 2. The van der Waals surface area contributed by atoms with Gasteiger partial charge in [0.05, 0.1) is 0 Å². The molecule has 0 aliphatic rings. The SMILES string of the molecule is C=C(Cl)C(=O)O.c1ccc2ccccc2c1. The first-order valence-electron chi connectivity index (χ1n) is 4.62. The van der Waals surface area contributed by atoms with Crippen molar-refractivity contribution in [2.45, 2.75) is 0 Å². The number of carboxylic acids is 1. The number of halogens is 1. The highest BCUT2D eigenvalue weighted by atomic mass is 35.5. The number of hydrogen-bond acceptors (Lipinski definition) is 1. The maximum atomic E-state index is 9.47. The molecule has 16 heavy (non-hydrogen) atoms. The van der Waals surface area contributed by atoms with Crippen LogP contribution in [0, 0.1) is 0 Å². The Hall–Kier alpha value is -1.80. The maximum Gasteiger partial charge on any atom is 0.346 e. The van der Waals surface area contributed by atoms with Gasteiger partial charge in [-0.05, 0) is 10.8 Å². The molecule has 0 spiro atoms. The van der Waals surface area contributed by atoms with Crippen molar-refractivity contribution in [3.63, 3.8) is 0 Å². The zero-order chi connectivity index (χ0) is 12.0. The van der Waals surface area contributed by atoms with Crippen molar-refractivity contribution in [2.24, 2.45) is 0 Å². The Balaban J connectivity index is 0.000000187. The summed E-state index contributed by atoms with van der Waals surface area (Å²) in [5, 5.41) is 10.0. The maximum absolute atomic E-state index is 9.47. The summed E-state index contributed by atoms with van der Waals surface area (Å²) in [6.07, 6.45) is 0. The van der Waals surface area contributed by atoms with Crippen molar-refractivity contribution >= 4 is 28.3 Å². The third-order valence-corrected chi connectivity index (χ3v) is 2.05. The van der Waals surface area contributed by atoms with E-state index in [2.05, 4.69) is 55.1 Å². The molecule has 82 valence electrons. The van der Waals surface area contributed by atoms with Crippen LogP contribution in [0.3, 0.4) is 0 Å². The lowest BCUT2D eigenvalue weighted by molar-refractivity contribution is -0.131. The lowest BCUT2D eigenvalue weighted by atomic mass is 10.1. The molecule has 1 N–H and O–H groups in total. The predicted molar refractivity (Wildman–Crippen MR) is 66.6 cm³/mol. The molecule has 0 aliphatic heterocycles. The number of carbonyl (C=O) groups is 1. The lowest BCUT2D eigenvalue weighted by Gasteiger charge is -1.92. The highest BCUT2D eigenvalue weighted by molar-refractivity contribution is 6.40. The lowest BCUT2D eigenvalue weighted by Crippen LogP contribution is -1.89. The summed E-state index contributed by atoms with van der Waals surface area (Å²) in [5.74, 6) is -1.17. The molecule has 0 amide bonds. The first-order chi connectivity index (χ1) is 7.61. The number of fused-ring (bicyclic) bond motifs is 1. The summed E-state index contributed by atoms with van der Waals surface area (Å²) in [5.41, 5.74) is 0. The van der Waals surface area contributed by atoms with Crippen molar-refractivity contribution in [1.29, 1.82) is 0 Å². The monoisotopic (exact) mass is 234 g/mol. The van der Waals surface area contributed by atoms with Crippen LogP contribution in [0.15, 0.2) is 60.1 Å². The number of aliphatic carboxylic acids is 1. The minimum atomic E-state index is -1.17. The van der Waals surface area contributed by atoms with Crippen LogP contribution in [-0.2, 0) is 4.79 Å². The van der Waals surface area contributed by atoms with Crippen LogP contribution in [0.2, 0.25) is 0 Å². The summed E-state index contributed by atoms with van der Waals surface area (Å²) >= 11 is 4.82. The van der Waals surface area contributed by atoms with Crippen LogP contribution in [0.25, 0.3) is 10.8 Å². The smallest absolute Gasteiger partial charge is 0.346 e. The van der Waals surface area contributed by atoms with Gasteiger partial charge in [-0.1, -0.05) is 66.7 Å². The normalized spacial score (nSPS) is 9.06. The van der Waals surface area contributed by atoms with Gasteiger partial charge in [-0.15, -0.1) is 0 Å². The Bertz CT molecular complexity index is 429. The molecular formula is C13H11ClO2. The van der Waals surface area contributed by atoms with Gasteiger partial charge in [-0.2, -0.15) is 0 Å². The molecule has 0 aromatic heterocycles. The van der Waals surface area contributed by atoms with Crippen molar-refractivity contribution in [1.82, 2.24) is 0 Å². The molecule has 0 radical (unpaired) electrons. The zero-order valence-electron chi connectivity index (χ0n) is 8.56. The van der Waals surface area contributed by atoms with Crippen LogP contribution in [0.4, 0.5) is 0 Å². The van der Waals surface area contributed by atoms with E-state index in [1.54, 1.807) is 0 Å². The average molecular weight is 235 g/mol. The fraction of sp³-hybridized carbons (Fsp3) is 0. The Labute approximate surface area is 98.8 Å². The summed E-state index contributed by atoms with van der Waals surface area (Å²) in [7, 11) is 0. The molecule has 2 aromatic rings. The van der Waals surface area contributed by atoms with Crippen LogP contribution < -0.4 is 0 Å². The molecule has 0 fully saturated rings. The fourth-order valence-corrected chi connectivity index (χ4v) is 1.13. The Morgan fingerprint density at radius 2 is 1.25 bits per heavy atom. The van der Waals surface area contributed by atoms with Gasteiger partial charge in [0.15, 0.2) is 0 Å². The average Bonchev–Trinajstić information content (AvgIpc) is 2.30. The van der Waals surface area contributed by atoms with E-state index in [4.69, 9.17) is 16.7 Å². The summed E-state index contributed by atoms with van der Waals surface area (Å²) in [6.45, 7) is 2.92. The largest absolute Gasteiger partial charge is 0.477 e. The Morgan fingerprint density at radius 1 is 1.00 bits per heavy atom. The topological polar surface area (TPSA) is 37.3 Å². The van der Waals surface area contributed by atoms with E-state index in [0.29, 0.717) is 0 Å². The van der Waals surface area contributed by atoms with E-state index in [1.807, 2.05) is 0 Å². The van der Waals surface area contributed by atoms with Crippen molar-refractivity contribution < 1.29 is 9.90 Å². The van der Waals surface area contributed by atoms with E-state index in [0.717, 1.165) is 0 Å². The van der Waals surface area contributed by atoms with E-state index in [-0.39, 0.29) is 5.03 Å². The Kier molecular flexibility index (Phi) is 4.55. The molecule has 2 rings (SSSR count). The predicted octanol–water partition coefficient (Wildman–Crippen LogP) is 3.66. The van der Waals surface area contributed by atoms with Crippen LogP contribution in [-0.4, -0.2) is 11.1 Å². The van der Waals surface area contributed by atoms with Crippen LogP contribution in [0.5, 0.6) is 0 Å². The van der Waals surface area contributed by atoms with Gasteiger partial charge in [0.2, 0.25) is 0 Å². The third kappa shape index (κ3) is 3.75. The van der Waals surface area contributed by atoms with E-state index in [1.165, 1.54) is 10.8 Å². The molecule has 0 bridgehead atoms. The van der Waals surface area contributed by atoms with Gasteiger partial charge in [0.1, 0.15) is 5.03 Å². The van der Waals surface area contributed by atoms with Gasteiger partial charge >= 0.3 is 5.97 Å². The number of rotatable bonds is 1. The first kappa shape index (κ1) is 12.3. The molecule has 2 aromatic carbocycles. The minimum Gasteiger partial charge on any atom is -0.477 e. The Morgan fingerprint density at radius 3 is 1.44 bits per heavy atom. The van der Waals surface area contributed by atoms with Gasteiger partial charge in [-0.3, -0.25) is 0 Å². The van der Waals surface area contributed by atoms with Crippen LogP contribution >= 0.6 is 11.6 Å². The third-order valence-electron chi connectivity index (χ3n) is 1.89. The molecule has 0 saturated carbocycles. The summed E-state index contributed by atoms with van der Waals surface area (Å²) in [6, 6.07) is 16.7. The van der Waals surface area contributed by atoms with E-state index >= 15 is 0 Å². The van der Waals surface area contributed by atoms with Crippen LogP contribution in [0.1, 0.15) is 0 Å². The number of carboxylic acid groups (broad SMARTS) is 1. The molecule has 0 atom stereocenters. The molecule has 0 unspecified atom stereocenters. The van der Waals surface area contributed by atoms with Crippen molar-refractivity contribution in [3.8, 4) is 0 Å². The highest BCUT2D eigenvalue weighted by Crippen LogP contribution is 2.11. The standard InChI is InChI=1S/C10H8.C3H3ClO2/c1-2-6-10-8-4-3-7-9(10)5-1;1-2(4)3(5)6/h1-8H;1H2,(H,5,6). The second-order valence-electron chi connectivity index (χ2n) is 3.06. The second-order valence-corrected chi connectivity index (χ2v) is 3.51. The minimum absolute atomic E-state index is 0.352. The molecule has 0 aliphatic carbocycles. The van der Waals surface area contributed by atoms with Crippen molar-refractivity contribution in [2.75, 3.05) is 0 Å². The second kappa shape index (κ2) is 5.93. The first-order valence-corrected chi connectivity index (χ1v) is 5.00. The molecule has 2 nitrogen and oxygen atoms in total. The highest BCUT2D eigenvalue weighted by Gasteiger charge is 1.93. The molecule has 0 saturated heterocycles.